The molecule has 0 aromatic heterocycles. The Balaban J connectivity index is 2.45. The van der Waals surface area contributed by atoms with Crippen LogP contribution in [0.5, 0.6) is 0 Å². The summed E-state index contributed by atoms with van der Waals surface area (Å²) in [5.41, 5.74) is 5.60. The molecule has 0 amide bonds. The first kappa shape index (κ1) is 12.0. The minimum Gasteiger partial charge on any atom is -0.396 e. The maximum atomic E-state index is 13.7. The van der Waals surface area contributed by atoms with Crippen LogP contribution in [-0.2, 0) is 10.3 Å². The maximum Gasteiger partial charge on any atom is 0.128 e. The van der Waals surface area contributed by atoms with Gasteiger partial charge in [0.2, 0.25) is 0 Å². The second-order valence-corrected chi connectivity index (χ2v) is 4.97. The summed E-state index contributed by atoms with van der Waals surface area (Å²) in [7, 11) is 0. The van der Waals surface area contributed by atoms with Gasteiger partial charge >= 0.3 is 0 Å². The fraction of sp³-hybridized carbons (Fsp3) is 0.455. The number of hydrogen-bond donors (Lipinski definition) is 2. The van der Waals surface area contributed by atoms with Crippen LogP contribution in [0.2, 0.25) is 0 Å². The first-order valence-corrected chi connectivity index (χ1v) is 5.80. The Labute approximate surface area is 102 Å². The smallest absolute Gasteiger partial charge is 0.128 e. The number of hydrogen-bond acceptors (Lipinski definition) is 3. The van der Waals surface area contributed by atoms with Gasteiger partial charge in [0.25, 0.3) is 0 Å². The second-order valence-electron chi connectivity index (χ2n) is 4.06. The summed E-state index contributed by atoms with van der Waals surface area (Å²) < 4.78 is 19.7. The third-order valence-corrected chi connectivity index (χ3v) is 3.53. The number of ether oxygens (including phenoxy) is 1. The van der Waals surface area contributed by atoms with E-state index >= 15 is 0 Å². The van der Waals surface area contributed by atoms with Crippen molar-refractivity contribution in [2.24, 2.45) is 11.7 Å². The lowest BCUT2D eigenvalue weighted by Crippen LogP contribution is -2.46. The number of benzene rings is 1. The average molecular weight is 290 g/mol. The van der Waals surface area contributed by atoms with Crippen molar-refractivity contribution in [2.75, 3.05) is 19.8 Å². The molecule has 0 spiro atoms. The van der Waals surface area contributed by atoms with E-state index < -0.39 is 5.54 Å². The van der Waals surface area contributed by atoms with Gasteiger partial charge in [-0.25, -0.2) is 4.39 Å². The van der Waals surface area contributed by atoms with Gasteiger partial charge in [0, 0.05) is 16.0 Å². The van der Waals surface area contributed by atoms with Gasteiger partial charge in [-0.3, -0.25) is 0 Å². The highest BCUT2D eigenvalue weighted by Crippen LogP contribution is 2.35. The largest absolute Gasteiger partial charge is 0.396 e. The quantitative estimate of drug-likeness (QED) is 0.865. The van der Waals surface area contributed by atoms with Crippen molar-refractivity contribution in [1.29, 1.82) is 0 Å². The highest BCUT2D eigenvalue weighted by atomic mass is 79.9. The van der Waals surface area contributed by atoms with Crippen LogP contribution in [0.15, 0.2) is 22.7 Å². The Morgan fingerprint density at radius 3 is 3.06 bits per heavy atom. The molecule has 1 unspecified atom stereocenters. The van der Waals surface area contributed by atoms with Crippen molar-refractivity contribution in [3.05, 3.63) is 34.1 Å². The van der Waals surface area contributed by atoms with Crippen LogP contribution in [0.3, 0.4) is 0 Å². The second kappa shape index (κ2) is 4.41. The summed E-state index contributed by atoms with van der Waals surface area (Å²) in [5.74, 6) is -0.633. The Morgan fingerprint density at radius 1 is 1.62 bits per heavy atom. The van der Waals surface area contributed by atoms with E-state index in [1.54, 1.807) is 12.1 Å². The van der Waals surface area contributed by atoms with Crippen molar-refractivity contribution in [1.82, 2.24) is 0 Å². The van der Waals surface area contributed by atoms with Gasteiger partial charge in [-0.2, -0.15) is 0 Å². The Morgan fingerprint density at radius 2 is 2.38 bits per heavy atom. The Hall–Kier alpha value is -0.490. The molecule has 1 saturated heterocycles. The molecule has 5 heteroatoms. The van der Waals surface area contributed by atoms with Crippen molar-refractivity contribution in [3.63, 3.8) is 0 Å². The van der Waals surface area contributed by atoms with E-state index in [-0.39, 0.29) is 24.9 Å². The average Bonchev–Trinajstić information content (AvgIpc) is 2.64. The molecule has 2 rings (SSSR count). The van der Waals surface area contributed by atoms with Crippen LogP contribution >= 0.6 is 15.9 Å². The van der Waals surface area contributed by atoms with E-state index in [0.717, 1.165) is 4.47 Å². The van der Waals surface area contributed by atoms with Crippen molar-refractivity contribution >= 4 is 15.9 Å². The van der Waals surface area contributed by atoms with Gasteiger partial charge in [-0.05, 0) is 18.2 Å². The summed E-state index contributed by atoms with van der Waals surface area (Å²) in [5, 5.41) is 9.23. The highest BCUT2D eigenvalue weighted by Gasteiger charge is 2.43. The van der Waals surface area contributed by atoms with E-state index in [1.165, 1.54) is 6.07 Å². The molecule has 2 atom stereocenters. The summed E-state index contributed by atoms with van der Waals surface area (Å²) in [6, 6.07) is 4.62. The zero-order chi connectivity index (χ0) is 11.8. The molecular weight excluding hydrogens is 277 g/mol. The third-order valence-electron chi connectivity index (χ3n) is 3.04. The number of rotatable bonds is 2. The molecule has 3 nitrogen and oxygen atoms in total. The number of nitrogens with two attached hydrogens (primary N) is 1. The van der Waals surface area contributed by atoms with Crippen molar-refractivity contribution < 1.29 is 14.2 Å². The summed E-state index contributed by atoms with van der Waals surface area (Å²) >= 11 is 3.28. The molecule has 3 N–H and O–H groups in total. The molecule has 1 aliphatic heterocycles. The fourth-order valence-electron chi connectivity index (χ4n) is 2.00. The van der Waals surface area contributed by atoms with E-state index in [2.05, 4.69) is 15.9 Å². The molecule has 0 radical (unpaired) electrons. The Kier molecular flexibility index (Phi) is 3.30. The molecular formula is C11H13BrFNO2. The lowest BCUT2D eigenvalue weighted by molar-refractivity contribution is 0.160. The van der Waals surface area contributed by atoms with Gasteiger partial charge in [0.1, 0.15) is 5.82 Å². The topological polar surface area (TPSA) is 55.5 Å². The first-order valence-electron chi connectivity index (χ1n) is 5.01. The van der Waals surface area contributed by atoms with Crippen molar-refractivity contribution in [2.45, 2.75) is 5.54 Å². The lowest BCUT2D eigenvalue weighted by atomic mass is 9.81. The monoisotopic (exact) mass is 289 g/mol. The van der Waals surface area contributed by atoms with Crippen LogP contribution in [0.25, 0.3) is 0 Å². The number of aliphatic hydroxyl groups excluding tert-OH is 1. The molecule has 1 heterocycles. The van der Waals surface area contributed by atoms with Gasteiger partial charge < -0.3 is 15.6 Å². The summed E-state index contributed by atoms with van der Waals surface area (Å²) in [4.78, 5) is 0. The van der Waals surface area contributed by atoms with Gasteiger partial charge in [-0.1, -0.05) is 15.9 Å². The van der Waals surface area contributed by atoms with Crippen LogP contribution in [-0.4, -0.2) is 24.9 Å². The molecule has 16 heavy (non-hydrogen) atoms. The van der Waals surface area contributed by atoms with Gasteiger partial charge in [0.15, 0.2) is 0 Å². The molecule has 88 valence electrons. The minimum atomic E-state index is -0.942. The zero-order valence-corrected chi connectivity index (χ0v) is 10.2. The molecule has 1 aliphatic rings. The number of halogens is 2. The summed E-state index contributed by atoms with van der Waals surface area (Å²) in [6.45, 7) is 0.479. The predicted molar refractivity (Wildman–Crippen MR) is 61.4 cm³/mol. The molecule has 1 aromatic rings. The van der Waals surface area contributed by atoms with E-state index in [4.69, 9.17) is 10.5 Å². The zero-order valence-electron chi connectivity index (χ0n) is 8.62. The SMILES string of the molecule is N[C@@]1(c2cc(Br)ccc2F)COCC1CO. The van der Waals surface area contributed by atoms with Crippen LogP contribution < -0.4 is 5.73 Å². The maximum absolute atomic E-state index is 13.7. The number of aliphatic hydroxyl groups is 1. The molecule has 0 aliphatic carbocycles. The Bertz CT molecular complexity index is 402. The molecule has 0 saturated carbocycles. The standard InChI is InChI=1S/C11H13BrFNO2/c12-8-1-2-10(13)9(3-8)11(14)6-16-5-7(11)4-15/h1-3,7,15H,4-6,14H2/t7?,11-/m0/s1. The lowest BCUT2D eigenvalue weighted by Gasteiger charge is -2.29. The first-order chi connectivity index (χ1) is 7.58. The normalized spacial score (nSPS) is 29.6. The third kappa shape index (κ3) is 1.88. The van der Waals surface area contributed by atoms with Crippen LogP contribution in [0.1, 0.15) is 5.56 Å². The van der Waals surface area contributed by atoms with Crippen LogP contribution in [0, 0.1) is 11.7 Å². The highest BCUT2D eigenvalue weighted by molar-refractivity contribution is 9.10. The molecule has 1 aromatic carbocycles. The minimum absolute atomic E-state index is 0.109. The van der Waals surface area contributed by atoms with Crippen LogP contribution in [0.4, 0.5) is 4.39 Å². The molecule has 1 fully saturated rings. The fourth-order valence-corrected chi connectivity index (χ4v) is 2.37. The molecule has 0 bridgehead atoms. The summed E-state index contributed by atoms with van der Waals surface area (Å²) in [6.07, 6.45) is 0. The predicted octanol–water partition coefficient (Wildman–Crippen LogP) is 1.38. The van der Waals surface area contributed by atoms with E-state index in [0.29, 0.717) is 12.2 Å². The van der Waals surface area contributed by atoms with Gasteiger partial charge in [-0.15, -0.1) is 0 Å². The van der Waals surface area contributed by atoms with E-state index in [9.17, 15) is 9.50 Å². The van der Waals surface area contributed by atoms with Gasteiger partial charge in [0.05, 0.1) is 25.4 Å². The van der Waals surface area contributed by atoms with E-state index in [1.807, 2.05) is 0 Å². The van der Waals surface area contributed by atoms with Crippen molar-refractivity contribution in [3.8, 4) is 0 Å².